The summed E-state index contributed by atoms with van der Waals surface area (Å²) in [6.45, 7) is 5.59. The van der Waals surface area contributed by atoms with Crippen molar-refractivity contribution in [2.24, 2.45) is 0 Å². The summed E-state index contributed by atoms with van der Waals surface area (Å²) < 4.78 is 64.8. The highest BCUT2D eigenvalue weighted by Gasteiger charge is 2.38. The van der Waals surface area contributed by atoms with Crippen LogP contribution in [0.3, 0.4) is 0 Å². The Labute approximate surface area is 227 Å². The van der Waals surface area contributed by atoms with E-state index >= 15 is 0 Å². The van der Waals surface area contributed by atoms with Gasteiger partial charge >= 0.3 is 0 Å². The van der Waals surface area contributed by atoms with Crippen molar-refractivity contribution in [3.8, 4) is 17.2 Å². The van der Waals surface area contributed by atoms with E-state index in [9.17, 15) is 12.8 Å². The number of benzene rings is 3. The number of methoxy groups -OCH3 is 2. The van der Waals surface area contributed by atoms with Crippen LogP contribution in [-0.4, -0.2) is 28.7 Å². The molecule has 0 radical (unpaired) electrons. The number of fused-ring (bicyclic) bond motifs is 1. The second kappa shape index (κ2) is 11.7. The molecule has 0 amide bonds. The highest BCUT2D eigenvalue weighted by molar-refractivity contribution is 7.91. The van der Waals surface area contributed by atoms with Crippen LogP contribution in [0.5, 0.6) is 17.2 Å². The normalized spacial score (nSPS) is 16.8. The van der Waals surface area contributed by atoms with E-state index < -0.39 is 20.9 Å². The van der Waals surface area contributed by atoms with Gasteiger partial charge in [0.1, 0.15) is 35.8 Å². The zero-order chi connectivity index (χ0) is 27.4. The molecule has 3 aromatic carbocycles. The summed E-state index contributed by atoms with van der Waals surface area (Å²) in [4.78, 5) is 0.155. The van der Waals surface area contributed by atoms with E-state index in [0.717, 1.165) is 5.56 Å². The van der Waals surface area contributed by atoms with Crippen molar-refractivity contribution in [2.45, 2.75) is 49.0 Å². The molecule has 0 aliphatic carbocycles. The molecule has 0 saturated heterocycles. The predicted octanol–water partition coefficient (Wildman–Crippen LogP) is 6.98. The number of ether oxygens (including phenoxy) is 4. The third kappa shape index (κ3) is 5.92. The van der Waals surface area contributed by atoms with Gasteiger partial charge in [0, 0.05) is 24.0 Å². The lowest BCUT2D eigenvalue weighted by Gasteiger charge is -2.32. The molecule has 0 fully saturated rings. The average Bonchev–Trinajstić information content (AvgIpc) is 2.91. The lowest BCUT2D eigenvalue weighted by atomic mass is 9.98. The van der Waals surface area contributed by atoms with Crippen molar-refractivity contribution in [1.82, 2.24) is 0 Å². The summed E-state index contributed by atoms with van der Waals surface area (Å²) in [5.41, 5.74) is 1.53. The summed E-state index contributed by atoms with van der Waals surface area (Å²) in [6, 6.07) is 14.3. The number of hydrogen-bond acceptors (Lipinski definition) is 6. The molecule has 0 N–H and O–H groups in total. The van der Waals surface area contributed by atoms with Crippen molar-refractivity contribution in [1.29, 1.82) is 0 Å². The Balaban J connectivity index is 1.69. The Hall–Kier alpha value is -3.23. The van der Waals surface area contributed by atoms with Crippen molar-refractivity contribution < 1.29 is 31.8 Å². The molecule has 0 spiro atoms. The zero-order valence-electron chi connectivity index (χ0n) is 21.5. The Kier molecular flexibility index (Phi) is 8.53. The first-order valence-electron chi connectivity index (χ1n) is 12.1. The van der Waals surface area contributed by atoms with Crippen molar-refractivity contribution >= 4 is 21.4 Å². The number of halogens is 2. The van der Waals surface area contributed by atoms with Gasteiger partial charge in [-0.05, 0) is 61.4 Å². The van der Waals surface area contributed by atoms with Crippen molar-refractivity contribution in [3.63, 3.8) is 0 Å². The number of rotatable bonds is 10. The maximum Gasteiger partial charge on any atom is 0.185 e. The molecule has 202 valence electrons. The third-order valence-electron chi connectivity index (χ3n) is 6.66. The lowest BCUT2D eigenvalue weighted by Crippen LogP contribution is -2.30. The molecule has 0 saturated carbocycles. The van der Waals surface area contributed by atoms with E-state index in [0.29, 0.717) is 41.4 Å². The average molecular weight is 561 g/mol. The monoisotopic (exact) mass is 560 g/mol. The predicted molar refractivity (Wildman–Crippen MR) is 144 cm³/mol. The molecule has 2 unspecified atom stereocenters. The van der Waals surface area contributed by atoms with Gasteiger partial charge < -0.3 is 18.9 Å². The summed E-state index contributed by atoms with van der Waals surface area (Å²) in [7, 11) is -0.794. The first-order valence-corrected chi connectivity index (χ1v) is 14.0. The molecule has 2 atom stereocenters. The van der Waals surface area contributed by atoms with E-state index in [-0.39, 0.29) is 34.6 Å². The van der Waals surface area contributed by atoms with Crippen molar-refractivity contribution in [2.75, 3.05) is 14.2 Å². The van der Waals surface area contributed by atoms with E-state index in [1.54, 1.807) is 49.6 Å². The molecule has 6 nitrogen and oxygen atoms in total. The van der Waals surface area contributed by atoms with Gasteiger partial charge in [0.25, 0.3) is 0 Å². The second-order valence-electron chi connectivity index (χ2n) is 9.11. The minimum atomic E-state index is -3.85. The number of aryl methyl sites for hydroxylation is 1. The van der Waals surface area contributed by atoms with Crippen LogP contribution < -0.4 is 14.2 Å². The van der Waals surface area contributed by atoms with Crippen LogP contribution in [0, 0.1) is 12.7 Å². The van der Waals surface area contributed by atoms with Gasteiger partial charge in [-0.2, -0.15) is 0 Å². The van der Waals surface area contributed by atoms with Gasteiger partial charge in [0.05, 0.1) is 35.1 Å². The summed E-state index contributed by atoms with van der Waals surface area (Å²) >= 11 is 6.13. The van der Waals surface area contributed by atoms with Crippen LogP contribution in [-0.2, 0) is 21.2 Å². The molecular weight excluding hydrogens is 531 g/mol. The van der Waals surface area contributed by atoms with E-state index in [2.05, 4.69) is 6.58 Å². The maximum atomic E-state index is 14.2. The standard InChI is InChI=1S/C29H30ClFO6S/c1-18-8-12-22(16-28(18)35-4)38(32,33)29-15-21(10-9-19(2)34-3)37-27-13-11-20(14-23(27)29)36-17-24-25(30)6-5-7-26(24)31/h5-8,11-14,16,21,29H,2,9-10,15,17H2,1,3-4H3. The minimum absolute atomic E-state index is 0.112. The smallest absolute Gasteiger partial charge is 0.185 e. The fourth-order valence-corrected chi connectivity index (χ4v) is 6.49. The van der Waals surface area contributed by atoms with Gasteiger partial charge in [-0.25, -0.2) is 12.8 Å². The fourth-order valence-electron chi connectivity index (χ4n) is 4.43. The van der Waals surface area contributed by atoms with Crippen LogP contribution in [0.1, 0.15) is 41.2 Å². The Morgan fingerprint density at radius 3 is 2.66 bits per heavy atom. The number of hydrogen-bond donors (Lipinski definition) is 0. The molecule has 1 heterocycles. The number of sulfone groups is 1. The Morgan fingerprint density at radius 1 is 1.16 bits per heavy atom. The van der Waals surface area contributed by atoms with Gasteiger partial charge in [-0.15, -0.1) is 0 Å². The summed E-state index contributed by atoms with van der Waals surface area (Å²) in [5.74, 6) is 1.43. The molecule has 0 aromatic heterocycles. The SMILES string of the molecule is C=C(CCC1CC(S(=O)(=O)c2ccc(C)c(OC)c2)c2cc(OCc3c(F)cccc3Cl)ccc2O1)OC. The maximum absolute atomic E-state index is 14.2. The van der Waals surface area contributed by atoms with Crippen LogP contribution in [0.2, 0.25) is 5.02 Å². The zero-order valence-corrected chi connectivity index (χ0v) is 23.1. The first kappa shape index (κ1) is 27.8. The molecule has 0 bridgehead atoms. The van der Waals surface area contributed by atoms with Gasteiger partial charge in [-0.1, -0.05) is 30.3 Å². The van der Waals surface area contributed by atoms with Crippen LogP contribution in [0.4, 0.5) is 4.39 Å². The topological polar surface area (TPSA) is 71.1 Å². The summed E-state index contributed by atoms with van der Waals surface area (Å²) in [6.07, 6.45) is 0.932. The van der Waals surface area contributed by atoms with Gasteiger partial charge in [0.15, 0.2) is 9.84 Å². The second-order valence-corrected chi connectivity index (χ2v) is 11.6. The molecule has 9 heteroatoms. The molecule has 38 heavy (non-hydrogen) atoms. The Bertz CT molecular complexity index is 1420. The van der Waals surface area contributed by atoms with E-state index in [1.807, 2.05) is 6.92 Å². The van der Waals surface area contributed by atoms with E-state index in [1.165, 1.54) is 19.2 Å². The minimum Gasteiger partial charge on any atom is -0.502 e. The fraction of sp³-hybridized carbons (Fsp3) is 0.310. The van der Waals surface area contributed by atoms with E-state index in [4.69, 9.17) is 30.5 Å². The highest BCUT2D eigenvalue weighted by Crippen LogP contribution is 2.45. The van der Waals surface area contributed by atoms with Crippen LogP contribution in [0.15, 0.2) is 71.8 Å². The van der Waals surface area contributed by atoms with Gasteiger partial charge in [0.2, 0.25) is 0 Å². The molecule has 4 rings (SSSR count). The molecule has 3 aromatic rings. The highest BCUT2D eigenvalue weighted by atomic mass is 35.5. The van der Waals surface area contributed by atoms with Crippen LogP contribution in [0.25, 0.3) is 0 Å². The van der Waals surface area contributed by atoms with Crippen LogP contribution >= 0.6 is 11.6 Å². The first-order chi connectivity index (χ1) is 18.1. The van der Waals surface area contributed by atoms with Crippen molar-refractivity contribution in [3.05, 3.63) is 94.5 Å². The molecule has 1 aliphatic rings. The number of allylic oxidation sites excluding steroid dienone is 1. The van der Waals surface area contributed by atoms with Gasteiger partial charge in [-0.3, -0.25) is 0 Å². The largest absolute Gasteiger partial charge is 0.502 e. The summed E-state index contributed by atoms with van der Waals surface area (Å²) in [5, 5.41) is -0.652. The lowest BCUT2D eigenvalue weighted by molar-refractivity contribution is 0.152. The molecular formula is C29H30ClFO6S. The Morgan fingerprint density at radius 2 is 1.95 bits per heavy atom. The third-order valence-corrected chi connectivity index (χ3v) is 9.12. The molecule has 1 aliphatic heterocycles. The quantitative estimate of drug-likeness (QED) is 0.249.